The molecule has 0 aliphatic heterocycles. The third kappa shape index (κ3) is 3.36. The molecule has 0 amide bonds. The minimum Gasteiger partial charge on any atom is -0.481 e. The molecule has 0 radical (unpaired) electrons. The van der Waals surface area contributed by atoms with Gasteiger partial charge in [-0.1, -0.05) is 32.0 Å². The average molecular weight is 301 g/mol. The van der Waals surface area contributed by atoms with Gasteiger partial charge in [0.05, 0.1) is 12.0 Å². The molecule has 0 unspecified atom stereocenters. The number of hydrogen-bond acceptors (Lipinski definition) is 3. The van der Waals surface area contributed by atoms with Crippen molar-refractivity contribution in [2.45, 2.75) is 33.2 Å². The van der Waals surface area contributed by atoms with Gasteiger partial charge < -0.3 is 15.0 Å². The van der Waals surface area contributed by atoms with E-state index in [-0.39, 0.29) is 0 Å². The quantitative estimate of drug-likeness (QED) is 0.787. The molecule has 0 aliphatic carbocycles. The van der Waals surface area contributed by atoms with Crippen LogP contribution in [0.4, 0.5) is 0 Å². The predicted molar refractivity (Wildman–Crippen MR) is 85.9 cm³/mol. The number of carboxylic acids is 1. The highest BCUT2D eigenvalue weighted by molar-refractivity contribution is 5.74. The standard InChI is InChI=1S/C17H23N3O2/c1-3-17(4-2,16(21)22)13-18-12-15-19-10-11-20(15)14-8-6-5-7-9-14/h5-11,18H,3-4,12-13H2,1-2H3,(H,21,22). The molecule has 0 atom stereocenters. The number of nitrogens with zero attached hydrogens (tertiary/aromatic N) is 2. The van der Waals surface area contributed by atoms with Crippen molar-refractivity contribution in [3.8, 4) is 5.69 Å². The minimum atomic E-state index is -0.739. The number of carbonyl (C=O) groups is 1. The van der Waals surface area contributed by atoms with Gasteiger partial charge in [0.2, 0.25) is 0 Å². The molecule has 118 valence electrons. The number of para-hydroxylation sites is 1. The van der Waals surface area contributed by atoms with Crippen molar-refractivity contribution < 1.29 is 9.90 Å². The Morgan fingerprint density at radius 1 is 1.27 bits per heavy atom. The van der Waals surface area contributed by atoms with Gasteiger partial charge in [-0.15, -0.1) is 0 Å². The van der Waals surface area contributed by atoms with E-state index in [1.165, 1.54) is 0 Å². The summed E-state index contributed by atoms with van der Waals surface area (Å²) in [7, 11) is 0. The third-order valence-corrected chi connectivity index (χ3v) is 4.31. The minimum absolute atomic E-state index is 0.441. The van der Waals surface area contributed by atoms with Crippen LogP contribution >= 0.6 is 0 Å². The zero-order valence-corrected chi connectivity index (χ0v) is 13.1. The molecule has 0 spiro atoms. The summed E-state index contributed by atoms with van der Waals surface area (Å²) in [6.45, 7) is 4.82. The van der Waals surface area contributed by atoms with Gasteiger partial charge in [-0.25, -0.2) is 4.98 Å². The number of aromatic nitrogens is 2. The summed E-state index contributed by atoms with van der Waals surface area (Å²) in [6.07, 6.45) is 4.89. The molecule has 1 heterocycles. The normalized spacial score (nSPS) is 11.5. The lowest BCUT2D eigenvalue weighted by molar-refractivity contribution is -0.149. The summed E-state index contributed by atoms with van der Waals surface area (Å²) < 4.78 is 2.01. The Bertz CT molecular complexity index is 603. The van der Waals surface area contributed by atoms with E-state index in [0.29, 0.717) is 25.9 Å². The Hall–Kier alpha value is -2.14. The first-order chi connectivity index (χ1) is 10.6. The Labute approximate surface area is 131 Å². The zero-order chi connectivity index (χ0) is 16.0. The Balaban J connectivity index is 2.04. The molecule has 22 heavy (non-hydrogen) atoms. The molecule has 5 nitrogen and oxygen atoms in total. The predicted octanol–water partition coefficient (Wildman–Crippen LogP) is 2.85. The molecule has 1 aromatic carbocycles. The molecular formula is C17H23N3O2. The highest BCUT2D eigenvalue weighted by atomic mass is 16.4. The van der Waals surface area contributed by atoms with Crippen LogP contribution < -0.4 is 5.32 Å². The number of imidazole rings is 1. The van der Waals surface area contributed by atoms with Crippen molar-refractivity contribution in [2.75, 3.05) is 6.54 Å². The number of nitrogens with one attached hydrogen (secondary N) is 1. The van der Waals surface area contributed by atoms with E-state index in [1.807, 2.05) is 54.9 Å². The Morgan fingerprint density at radius 3 is 2.55 bits per heavy atom. The lowest BCUT2D eigenvalue weighted by Gasteiger charge is -2.27. The molecule has 0 saturated carbocycles. The van der Waals surface area contributed by atoms with E-state index in [1.54, 1.807) is 6.20 Å². The molecule has 0 fully saturated rings. The van der Waals surface area contributed by atoms with Crippen molar-refractivity contribution in [1.82, 2.24) is 14.9 Å². The van der Waals surface area contributed by atoms with Crippen LogP contribution in [0.25, 0.3) is 5.69 Å². The lowest BCUT2D eigenvalue weighted by Crippen LogP contribution is -2.40. The molecule has 2 aromatic rings. The summed E-state index contributed by atoms with van der Waals surface area (Å²) in [6, 6.07) is 9.98. The number of rotatable bonds is 8. The first-order valence-electron chi connectivity index (χ1n) is 7.64. The number of benzene rings is 1. The molecule has 0 bridgehead atoms. The van der Waals surface area contributed by atoms with Crippen molar-refractivity contribution >= 4 is 5.97 Å². The van der Waals surface area contributed by atoms with Gasteiger partial charge in [-0.2, -0.15) is 0 Å². The van der Waals surface area contributed by atoms with Crippen LogP contribution in [0.1, 0.15) is 32.5 Å². The van der Waals surface area contributed by atoms with Crippen LogP contribution in [0.5, 0.6) is 0 Å². The first kappa shape index (κ1) is 16.2. The van der Waals surface area contributed by atoms with Crippen LogP contribution in [0, 0.1) is 5.41 Å². The van der Waals surface area contributed by atoms with E-state index in [2.05, 4.69) is 10.3 Å². The van der Waals surface area contributed by atoms with Crippen LogP contribution in [-0.4, -0.2) is 27.2 Å². The van der Waals surface area contributed by atoms with Gasteiger partial charge in [-0.3, -0.25) is 4.79 Å². The second kappa shape index (κ2) is 7.22. The van der Waals surface area contributed by atoms with E-state index < -0.39 is 11.4 Å². The topological polar surface area (TPSA) is 67.2 Å². The second-order valence-electron chi connectivity index (χ2n) is 5.45. The van der Waals surface area contributed by atoms with E-state index >= 15 is 0 Å². The van der Waals surface area contributed by atoms with Crippen LogP contribution in [0.3, 0.4) is 0 Å². The first-order valence-corrected chi connectivity index (χ1v) is 7.64. The monoisotopic (exact) mass is 301 g/mol. The summed E-state index contributed by atoms with van der Waals surface area (Å²) >= 11 is 0. The Kier molecular flexibility index (Phi) is 5.33. The van der Waals surface area contributed by atoms with Crippen LogP contribution in [0.2, 0.25) is 0 Å². The maximum atomic E-state index is 11.5. The van der Waals surface area contributed by atoms with Gasteiger partial charge in [0.15, 0.2) is 0 Å². The van der Waals surface area contributed by atoms with Crippen molar-refractivity contribution in [1.29, 1.82) is 0 Å². The summed E-state index contributed by atoms with van der Waals surface area (Å²) in [5.74, 6) is 0.133. The summed E-state index contributed by atoms with van der Waals surface area (Å²) in [5, 5.41) is 12.7. The van der Waals surface area contributed by atoms with Crippen LogP contribution in [0.15, 0.2) is 42.7 Å². The van der Waals surface area contributed by atoms with Gasteiger partial charge >= 0.3 is 5.97 Å². The molecule has 2 rings (SSSR count). The molecular weight excluding hydrogens is 278 g/mol. The fraction of sp³-hybridized carbons (Fsp3) is 0.412. The SMILES string of the molecule is CCC(CC)(CNCc1nccn1-c1ccccc1)C(=O)O. The highest BCUT2D eigenvalue weighted by Gasteiger charge is 2.34. The number of aliphatic carboxylic acids is 1. The van der Waals surface area contributed by atoms with Crippen molar-refractivity contribution in [3.63, 3.8) is 0 Å². The van der Waals surface area contributed by atoms with Crippen molar-refractivity contribution in [2.24, 2.45) is 5.41 Å². The average Bonchev–Trinajstić information content (AvgIpc) is 3.01. The molecule has 0 aliphatic rings. The fourth-order valence-corrected chi connectivity index (χ4v) is 2.58. The fourth-order valence-electron chi connectivity index (χ4n) is 2.58. The van der Waals surface area contributed by atoms with E-state index in [4.69, 9.17) is 0 Å². The largest absolute Gasteiger partial charge is 0.481 e. The lowest BCUT2D eigenvalue weighted by atomic mass is 9.82. The number of hydrogen-bond donors (Lipinski definition) is 2. The molecule has 0 saturated heterocycles. The maximum Gasteiger partial charge on any atom is 0.310 e. The summed E-state index contributed by atoms with van der Waals surface area (Å²) in [4.78, 5) is 15.9. The zero-order valence-electron chi connectivity index (χ0n) is 13.1. The Morgan fingerprint density at radius 2 is 1.95 bits per heavy atom. The van der Waals surface area contributed by atoms with Gasteiger partial charge in [0.25, 0.3) is 0 Å². The van der Waals surface area contributed by atoms with E-state index in [9.17, 15) is 9.90 Å². The van der Waals surface area contributed by atoms with Gasteiger partial charge in [0.1, 0.15) is 5.82 Å². The van der Waals surface area contributed by atoms with E-state index in [0.717, 1.165) is 11.5 Å². The molecule has 2 N–H and O–H groups in total. The van der Waals surface area contributed by atoms with Gasteiger partial charge in [-0.05, 0) is 25.0 Å². The molecule has 5 heteroatoms. The smallest absolute Gasteiger partial charge is 0.310 e. The highest BCUT2D eigenvalue weighted by Crippen LogP contribution is 2.25. The third-order valence-electron chi connectivity index (χ3n) is 4.31. The van der Waals surface area contributed by atoms with Gasteiger partial charge in [0, 0.05) is 24.6 Å². The van der Waals surface area contributed by atoms with Crippen molar-refractivity contribution in [3.05, 3.63) is 48.5 Å². The number of carboxylic acid groups (broad SMARTS) is 1. The second-order valence-corrected chi connectivity index (χ2v) is 5.45. The van der Waals surface area contributed by atoms with Crippen LogP contribution in [-0.2, 0) is 11.3 Å². The molecule has 1 aromatic heterocycles. The maximum absolute atomic E-state index is 11.5. The summed E-state index contributed by atoms with van der Waals surface area (Å²) in [5.41, 5.74) is 0.344.